The van der Waals surface area contributed by atoms with Crippen LogP contribution in [0.2, 0.25) is 0 Å². The first-order valence-corrected chi connectivity index (χ1v) is 14.8. The molecule has 0 aromatic carbocycles. The van der Waals surface area contributed by atoms with Gasteiger partial charge in [0, 0.05) is 104 Å². The zero-order valence-electron chi connectivity index (χ0n) is 27.0. The van der Waals surface area contributed by atoms with Crippen molar-refractivity contribution in [2.75, 3.05) is 142 Å². The second-order valence-corrected chi connectivity index (χ2v) is 12.1. The highest BCUT2D eigenvalue weighted by Gasteiger charge is 2.27. The molecule has 0 aliphatic carbocycles. The van der Waals surface area contributed by atoms with Crippen LogP contribution in [0.3, 0.4) is 0 Å². The molecule has 4 atom stereocenters. The predicted octanol–water partition coefficient (Wildman–Crippen LogP) is -1.64. The van der Waals surface area contributed by atoms with E-state index >= 15 is 0 Å². The average Bonchev–Trinajstić information content (AvgIpc) is 2.91. The lowest BCUT2D eigenvalue weighted by molar-refractivity contribution is -0.127. The van der Waals surface area contributed by atoms with E-state index in [1.807, 2.05) is 14.1 Å². The largest absolute Gasteiger partial charge is 0.395 e. The molecule has 0 aromatic rings. The van der Waals surface area contributed by atoms with E-state index in [0.717, 1.165) is 52.4 Å². The fourth-order valence-electron chi connectivity index (χ4n) is 5.20. The summed E-state index contributed by atoms with van der Waals surface area (Å²) in [7, 11) is 16.4. The quantitative estimate of drug-likeness (QED) is 0.368. The molecule has 0 spiro atoms. The minimum absolute atomic E-state index is 0.0220. The van der Waals surface area contributed by atoms with E-state index in [1.54, 1.807) is 7.05 Å². The molecule has 0 radical (unpaired) electrons. The molecule has 4 unspecified atom stereocenters. The van der Waals surface area contributed by atoms with Gasteiger partial charge in [-0.2, -0.15) is 0 Å². The molecular weight excluding hydrogens is 494 g/mol. The standard InChI is InChI=1S/C8H17N3O.C8H18N2.C7H16N2O.C5H12N2/c1-9-8(12)7-6-10(2)4-5-11(7)3;1-7-5-9(3)6-8(2)10(7)4;1-8-3-4-9(2)7(5-8)6-10;1-7-4-2-6-3-5-7/h7H,4-6H2,1-3H3,(H,9,12);7-8H,5-6H2,1-4H3;7,10H,3-6H2,1-2H3;6H,2-5H2,1H3. The number of amides is 1. The smallest absolute Gasteiger partial charge is 0.238 e. The zero-order valence-corrected chi connectivity index (χ0v) is 27.0. The van der Waals surface area contributed by atoms with Crippen LogP contribution >= 0.6 is 0 Å². The first kappa shape index (κ1) is 36.1. The van der Waals surface area contributed by atoms with Crippen LogP contribution in [-0.4, -0.2) is 211 Å². The summed E-state index contributed by atoms with van der Waals surface area (Å²) in [4.78, 5) is 27.3. The maximum absolute atomic E-state index is 11.3. The minimum atomic E-state index is 0.0220. The van der Waals surface area contributed by atoms with E-state index in [2.05, 4.69) is 94.0 Å². The van der Waals surface area contributed by atoms with Gasteiger partial charge in [-0.05, 0) is 63.2 Å². The van der Waals surface area contributed by atoms with Crippen LogP contribution in [0.4, 0.5) is 0 Å². The summed E-state index contributed by atoms with van der Waals surface area (Å²) in [5.74, 6) is 0.115. The van der Waals surface area contributed by atoms with E-state index in [1.165, 1.54) is 26.2 Å². The second-order valence-electron chi connectivity index (χ2n) is 12.1. The second kappa shape index (κ2) is 19.3. The number of piperazine rings is 4. The van der Waals surface area contributed by atoms with Crippen LogP contribution in [-0.2, 0) is 4.79 Å². The van der Waals surface area contributed by atoms with Crippen LogP contribution < -0.4 is 10.6 Å². The number of rotatable bonds is 2. The number of aliphatic hydroxyl groups excluding tert-OH is 1. The first-order valence-electron chi connectivity index (χ1n) is 14.8. The number of hydrogen-bond donors (Lipinski definition) is 3. The van der Waals surface area contributed by atoms with Crippen LogP contribution in [0, 0.1) is 0 Å². The molecule has 4 rings (SSSR count). The predicted molar refractivity (Wildman–Crippen MR) is 164 cm³/mol. The number of nitrogens with one attached hydrogen (secondary N) is 2. The van der Waals surface area contributed by atoms with E-state index in [9.17, 15) is 4.79 Å². The van der Waals surface area contributed by atoms with Crippen molar-refractivity contribution in [1.82, 2.24) is 44.9 Å². The van der Waals surface area contributed by atoms with Crippen molar-refractivity contribution in [3.05, 3.63) is 0 Å². The molecule has 4 fully saturated rings. The minimum Gasteiger partial charge on any atom is -0.395 e. The molecule has 0 aromatic heterocycles. The molecule has 4 aliphatic rings. The Morgan fingerprint density at radius 3 is 1.67 bits per heavy atom. The monoisotopic (exact) mass is 558 g/mol. The van der Waals surface area contributed by atoms with E-state index < -0.39 is 0 Å². The summed E-state index contributed by atoms with van der Waals surface area (Å²) >= 11 is 0. The number of carbonyl (C=O) groups is 1. The van der Waals surface area contributed by atoms with Gasteiger partial charge >= 0.3 is 0 Å². The van der Waals surface area contributed by atoms with Gasteiger partial charge in [0.1, 0.15) is 6.04 Å². The topological polar surface area (TPSA) is 84.0 Å². The van der Waals surface area contributed by atoms with Crippen molar-refractivity contribution < 1.29 is 9.90 Å². The first-order chi connectivity index (χ1) is 18.4. The number of hydrogen-bond acceptors (Lipinski definition) is 10. The molecular formula is C28H63N9O2. The van der Waals surface area contributed by atoms with Gasteiger partial charge in [0.25, 0.3) is 0 Å². The van der Waals surface area contributed by atoms with Crippen molar-refractivity contribution in [2.45, 2.75) is 38.0 Å². The molecule has 11 nitrogen and oxygen atoms in total. The third kappa shape index (κ3) is 14.0. The molecule has 3 N–H and O–H groups in total. The van der Waals surface area contributed by atoms with Gasteiger partial charge in [0.05, 0.1) is 6.61 Å². The van der Waals surface area contributed by atoms with Gasteiger partial charge in [-0.3, -0.25) is 19.5 Å². The maximum Gasteiger partial charge on any atom is 0.238 e. The molecule has 4 aliphatic heterocycles. The molecule has 39 heavy (non-hydrogen) atoms. The van der Waals surface area contributed by atoms with E-state index in [0.29, 0.717) is 18.1 Å². The normalized spacial score (nSPS) is 30.6. The highest BCUT2D eigenvalue weighted by Crippen LogP contribution is 2.10. The van der Waals surface area contributed by atoms with Gasteiger partial charge in [-0.1, -0.05) is 0 Å². The number of aliphatic hydroxyl groups is 1. The summed E-state index contributed by atoms with van der Waals surface area (Å²) in [5, 5.41) is 14.9. The Morgan fingerprint density at radius 2 is 1.23 bits per heavy atom. The maximum atomic E-state index is 11.3. The molecule has 1 amide bonds. The highest BCUT2D eigenvalue weighted by molar-refractivity contribution is 5.81. The van der Waals surface area contributed by atoms with E-state index in [4.69, 9.17) is 5.11 Å². The Hall–Kier alpha value is -0.890. The molecule has 11 heteroatoms. The zero-order chi connectivity index (χ0) is 29.5. The average molecular weight is 558 g/mol. The Balaban J connectivity index is 0.000000264. The summed E-state index contributed by atoms with van der Waals surface area (Å²) in [6, 6.07) is 1.80. The van der Waals surface area contributed by atoms with Gasteiger partial charge in [-0.25, -0.2) is 0 Å². The summed E-state index contributed by atoms with van der Waals surface area (Å²) in [5.41, 5.74) is 0. The van der Waals surface area contributed by atoms with Crippen LogP contribution in [0.25, 0.3) is 0 Å². The molecule has 0 bridgehead atoms. The third-order valence-corrected chi connectivity index (χ3v) is 8.47. The Bertz CT molecular complexity index is 641. The summed E-state index contributed by atoms with van der Waals surface area (Å²) < 4.78 is 0. The van der Waals surface area contributed by atoms with Crippen LogP contribution in [0.1, 0.15) is 13.8 Å². The van der Waals surface area contributed by atoms with Crippen LogP contribution in [0.15, 0.2) is 0 Å². The van der Waals surface area contributed by atoms with Crippen molar-refractivity contribution >= 4 is 5.91 Å². The number of nitrogens with zero attached hydrogens (tertiary/aromatic N) is 7. The lowest BCUT2D eigenvalue weighted by Crippen LogP contribution is -2.56. The molecule has 4 saturated heterocycles. The van der Waals surface area contributed by atoms with Gasteiger partial charge in [0.2, 0.25) is 5.91 Å². The fourth-order valence-corrected chi connectivity index (χ4v) is 5.20. The summed E-state index contributed by atoms with van der Waals surface area (Å²) in [6.07, 6.45) is 0. The Kier molecular flexibility index (Phi) is 17.9. The lowest BCUT2D eigenvalue weighted by atomic mass is 10.1. The SMILES string of the molecule is CC1CN(C)CC(C)N1C.CN1CCN(C)C(CO)C1.CN1CCNCC1.CNC(=O)C1CN(C)CCN1C. The lowest BCUT2D eigenvalue weighted by Gasteiger charge is -2.40. The molecule has 4 heterocycles. The molecule has 0 saturated carbocycles. The highest BCUT2D eigenvalue weighted by atomic mass is 16.3. The van der Waals surface area contributed by atoms with Crippen molar-refractivity contribution in [3.8, 4) is 0 Å². The van der Waals surface area contributed by atoms with Crippen molar-refractivity contribution in [2.24, 2.45) is 0 Å². The van der Waals surface area contributed by atoms with Gasteiger partial charge < -0.3 is 35.3 Å². The van der Waals surface area contributed by atoms with E-state index in [-0.39, 0.29) is 18.6 Å². The third-order valence-electron chi connectivity index (χ3n) is 8.47. The number of carbonyl (C=O) groups excluding carboxylic acids is 1. The van der Waals surface area contributed by atoms with Gasteiger partial charge in [0.15, 0.2) is 0 Å². The van der Waals surface area contributed by atoms with Crippen molar-refractivity contribution in [1.29, 1.82) is 0 Å². The Morgan fingerprint density at radius 1 is 0.718 bits per heavy atom. The van der Waals surface area contributed by atoms with Crippen LogP contribution in [0.5, 0.6) is 0 Å². The Labute approximate surface area is 240 Å². The number of likely N-dealkylation sites (N-methyl/N-ethyl adjacent to an activating group) is 8. The van der Waals surface area contributed by atoms with Gasteiger partial charge in [-0.15, -0.1) is 0 Å². The van der Waals surface area contributed by atoms with Crippen molar-refractivity contribution in [3.63, 3.8) is 0 Å². The fraction of sp³-hybridized carbons (Fsp3) is 0.964. The summed E-state index contributed by atoms with van der Waals surface area (Å²) in [6.45, 7) is 18.0. The molecule has 232 valence electrons.